The van der Waals surface area contributed by atoms with Gasteiger partial charge in [0.1, 0.15) is 10.6 Å². The number of nitro benzene ring substituents is 2. The van der Waals surface area contributed by atoms with Crippen LogP contribution in [-0.2, 0) is 0 Å². The van der Waals surface area contributed by atoms with E-state index >= 15 is 0 Å². The number of rotatable bonds is 6. The first-order valence-electron chi connectivity index (χ1n) is 9.28. The number of amides is 1. The molecule has 9 nitrogen and oxygen atoms in total. The Balaban J connectivity index is 1.59. The molecule has 3 aromatic carbocycles. The third-order valence-corrected chi connectivity index (χ3v) is 5.47. The number of benzene rings is 3. The van der Waals surface area contributed by atoms with Crippen LogP contribution in [0, 0.1) is 20.2 Å². The number of non-ortho nitro benzene ring substituents is 1. The number of hydrogen-bond donors (Lipinski definition) is 1. The van der Waals surface area contributed by atoms with E-state index in [2.05, 4.69) is 10.3 Å². The number of nitrogens with zero attached hydrogens (tertiary/aromatic N) is 3. The molecule has 1 aromatic heterocycles. The molecule has 0 aliphatic rings. The molecule has 1 N–H and O–H groups in total. The number of thiazole rings is 1. The molecule has 1 heterocycles. The molecule has 32 heavy (non-hydrogen) atoms. The summed E-state index contributed by atoms with van der Waals surface area (Å²) in [4.78, 5) is 37.9. The lowest BCUT2D eigenvalue weighted by Crippen LogP contribution is -2.14. The van der Waals surface area contributed by atoms with Gasteiger partial charge in [-0.3, -0.25) is 25.0 Å². The van der Waals surface area contributed by atoms with E-state index in [1.165, 1.54) is 11.3 Å². The minimum Gasteiger partial charge on any atom is -0.322 e. The minimum atomic E-state index is -0.821. The maximum absolute atomic E-state index is 12.7. The van der Waals surface area contributed by atoms with Crippen LogP contribution in [0.3, 0.4) is 0 Å². The molecule has 4 aromatic rings. The van der Waals surface area contributed by atoms with Crippen LogP contribution in [0.4, 0.5) is 17.1 Å². The van der Waals surface area contributed by atoms with Gasteiger partial charge in [0.15, 0.2) is 0 Å². The van der Waals surface area contributed by atoms with Crippen molar-refractivity contribution in [2.45, 2.75) is 0 Å². The number of nitro groups is 2. The topological polar surface area (TPSA) is 128 Å². The van der Waals surface area contributed by atoms with Crippen molar-refractivity contribution in [3.8, 4) is 21.8 Å². The first-order chi connectivity index (χ1) is 15.4. The summed E-state index contributed by atoms with van der Waals surface area (Å²) >= 11 is 1.49. The van der Waals surface area contributed by atoms with E-state index in [1.807, 2.05) is 41.8 Å². The zero-order valence-electron chi connectivity index (χ0n) is 16.3. The van der Waals surface area contributed by atoms with Crippen molar-refractivity contribution >= 4 is 34.3 Å². The predicted molar refractivity (Wildman–Crippen MR) is 121 cm³/mol. The summed E-state index contributed by atoms with van der Waals surface area (Å²) in [6, 6.07) is 19.6. The van der Waals surface area contributed by atoms with Crippen LogP contribution in [0.25, 0.3) is 21.8 Å². The van der Waals surface area contributed by atoms with Gasteiger partial charge in [0.05, 0.1) is 21.6 Å². The zero-order chi connectivity index (χ0) is 22.7. The van der Waals surface area contributed by atoms with Crippen LogP contribution in [0.15, 0.2) is 78.2 Å². The average Bonchev–Trinajstić information content (AvgIpc) is 3.30. The lowest BCUT2D eigenvalue weighted by Gasteiger charge is -2.07. The number of nitrogens with one attached hydrogen (secondary N) is 1. The highest BCUT2D eigenvalue weighted by atomic mass is 32.1. The first-order valence-corrected chi connectivity index (χ1v) is 10.2. The fourth-order valence-electron chi connectivity index (χ4n) is 3.05. The molecule has 10 heteroatoms. The SMILES string of the molecule is O=C(Nc1cccc(-c2csc(-c3ccccc3)n2)c1)c1ccc([N+](=O)[O-])cc1[N+](=O)[O-]. The summed E-state index contributed by atoms with van der Waals surface area (Å²) < 4.78 is 0. The Morgan fingerprint density at radius 1 is 0.875 bits per heavy atom. The fourth-order valence-corrected chi connectivity index (χ4v) is 3.89. The number of aromatic nitrogens is 1. The van der Waals surface area contributed by atoms with Crippen LogP contribution in [0.1, 0.15) is 10.4 Å². The normalized spacial score (nSPS) is 10.5. The largest absolute Gasteiger partial charge is 0.322 e. The van der Waals surface area contributed by atoms with Gasteiger partial charge >= 0.3 is 0 Å². The second kappa shape index (κ2) is 8.74. The van der Waals surface area contributed by atoms with Gasteiger partial charge in [0.2, 0.25) is 0 Å². The Kier molecular flexibility index (Phi) is 5.69. The summed E-state index contributed by atoms with van der Waals surface area (Å²) in [6.45, 7) is 0. The minimum absolute atomic E-state index is 0.272. The van der Waals surface area contributed by atoms with Gasteiger partial charge in [-0.2, -0.15) is 0 Å². The van der Waals surface area contributed by atoms with Crippen molar-refractivity contribution in [1.29, 1.82) is 0 Å². The van der Waals surface area contributed by atoms with Gasteiger partial charge in [-0.15, -0.1) is 11.3 Å². The van der Waals surface area contributed by atoms with Crippen molar-refractivity contribution in [1.82, 2.24) is 4.98 Å². The van der Waals surface area contributed by atoms with Crippen molar-refractivity contribution < 1.29 is 14.6 Å². The maximum Gasteiger partial charge on any atom is 0.289 e. The van der Waals surface area contributed by atoms with Crippen LogP contribution in [-0.4, -0.2) is 20.7 Å². The summed E-state index contributed by atoms with van der Waals surface area (Å²) in [7, 11) is 0. The lowest BCUT2D eigenvalue weighted by molar-refractivity contribution is -0.394. The van der Waals surface area contributed by atoms with E-state index in [1.54, 1.807) is 18.2 Å². The molecule has 0 unspecified atom stereocenters. The molecular formula is C22H14N4O5S. The lowest BCUT2D eigenvalue weighted by atomic mass is 10.1. The van der Waals surface area contributed by atoms with E-state index in [4.69, 9.17) is 0 Å². The van der Waals surface area contributed by atoms with Crippen molar-refractivity contribution in [3.05, 3.63) is 104 Å². The summed E-state index contributed by atoms with van der Waals surface area (Å²) in [5, 5.41) is 27.6. The van der Waals surface area contributed by atoms with Crippen LogP contribution >= 0.6 is 11.3 Å². The molecule has 1 amide bonds. The van der Waals surface area contributed by atoms with Gasteiger partial charge in [0.25, 0.3) is 17.3 Å². The summed E-state index contributed by atoms with van der Waals surface area (Å²) in [5.41, 5.74) is 1.53. The Bertz CT molecular complexity index is 1340. The van der Waals surface area contributed by atoms with Gasteiger partial charge < -0.3 is 5.32 Å². The Morgan fingerprint density at radius 2 is 1.62 bits per heavy atom. The van der Waals surface area contributed by atoms with E-state index < -0.39 is 27.1 Å². The standard InChI is InChI=1S/C22H14N4O5S/c27-21(18-10-9-17(25(28)29)12-20(18)26(30)31)23-16-8-4-7-15(11-16)19-13-32-22(24-19)14-5-2-1-3-6-14/h1-13H,(H,23,27). The Labute approximate surface area is 185 Å². The van der Waals surface area contributed by atoms with Crippen LogP contribution < -0.4 is 5.32 Å². The zero-order valence-corrected chi connectivity index (χ0v) is 17.1. The van der Waals surface area contributed by atoms with Crippen molar-refractivity contribution in [3.63, 3.8) is 0 Å². The van der Waals surface area contributed by atoms with Gasteiger partial charge in [-0.05, 0) is 18.2 Å². The summed E-state index contributed by atoms with van der Waals surface area (Å²) in [6.07, 6.45) is 0. The number of hydrogen-bond acceptors (Lipinski definition) is 7. The van der Waals surface area contributed by atoms with E-state index in [9.17, 15) is 25.0 Å². The molecule has 0 fully saturated rings. The van der Waals surface area contributed by atoms with Gasteiger partial charge in [-0.25, -0.2) is 4.98 Å². The number of carbonyl (C=O) groups is 1. The highest BCUT2D eigenvalue weighted by Crippen LogP contribution is 2.30. The smallest absolute Gasteiger partial charge is 0.289 e. The molecule has 0 aliphatic carbocycles. The summed E-state index contributed by atoms with van der Waals surface area (Å²) in [5.74, 6) is -0.744. The molecule has 0 spiro atoms. The molecule has 0 aliphatic heterocycles. The predicted octanol–water partition coefficient (Wildman–Crippen LogP) is 5.55. The molecule has 0 radical (unpaired) electrons. The van der Waals surface area contributed by atoms with Crippen molar-refractivity contribution in [2.75, 3.05) is 5.32 Å². The Morgan fingerprint density at radius 3 is 2.34 bits per heavy atom. The Hall–Kier alpha value is -4.44. The molecular weight excluding hydrogens is 432 g/mol. The van der Waals surface area contributed by atoms with Gasteiger partial charge in [-0.1, -0.05) is 42.5 Å². The third kappa shape index (κ3) is 4.35. The molecule has 0 atom stereocenters. The molecule has 158 valence electrons. The quantitative estimate of drug-likeness (QED) is 0.306. The third-order valence-electron chi connectivity index (χ3n) is 4.57. The number of carbonyl (C=O) groups excluding carboxylic acids is 1. The highest BCUT2D eigenvalue weighted by Gasteiger charge is 2.24. The molecule has 0 saturated carbocycles. The molecule has 4 rings (SSSR count). The number of anilines is 1. The van der Waals surface area contributed by atoms with E-state index in [-0.39, 0.29) is 5.56 Å². The average molecular weight is 446 g/mol. The maximum atomic E-state index is 12.7. The monoisotopic (exact) mass is 446 g/mol. The second-order valence-electron chi connectivity index (χ2n) is 6.65. The van der Waals surface area contributed by atoms with E-state index in [0.717, 1.165) is 40.0 Å². The first kappa shape index (κ1) is 20.8. The van der Waals surface area contributed by atoms with Crippen molar-refractivity contribution in [2.24, 2.45) is 0 Å². The van der Waals surface area contributed by atoms with Crippen LogP contribution in [0.2, 0.25) is 0 Å². The molecule has 0 bridgehead atoms. The molecule has 0 saturated heterocycles. The highest BCUT2D eigenvalue weighted by molar-refractivity contribution is 7.13. The van der Waals surface area contributed by atoms with Gasteiger partial charge in [0, 0.05) is 28.3 Å². The second-order valence-corrected chi connectivity index (χ2v) is 7.51. The van der Waals surface area contributed by atoms with E-state index in [0.29, 0.717) is 5.69 Å². The van der Waals surface area contributed by atoms with Crippen LogP contribution in [0.5, 0.6) is 0 Å². The fraction of sp³-hybridized carbons (Fsp3) is 0.